The molecule has 0 spiro atoms. The second-order valence-electron chi connectivity index (χ2n) is 7.58. The number of methoxy groups -OCH3 is 1. The van der Waals surface area contributed by atoms with Gasteiger partial charge >= 0.3 is 0 Å². The molecule has 0 saturated heterocycles. The molecule has 0 unspecified atom stereocenters. The van der Waals surface area contributed by atoms with Crippen molar-refractivity contribution in [2.75, 3.05) is 12.9 Å². The van der Waals surface area contributed by atoms with Crippen molar-refractivity contribution < 1.29 is 9.53 Å². The van der Waals surface area contributed by atoms with Crippen LogP contribution in [0.15, 0.2) is 58.6 Å². The highest BCUT2D eigenvalue weighted by atomic mass is 32.2. The highest BCUT2D eigenvalue weighted by Crippen LogP contribution is 2.35. The second-order valence-corrected chi connectivity index (χ2v) is 8.66. The van der Waals surface area contributed by atoms with E-state index in [9.17, 15) is 4.79 Å². The Balaban J connectivity index is 1.68. The van der Waals surface area contributed by atoms with Crippen molar-refractivity contribution in [3.8, 4) is 5.75 Å². The third-order valence-electron chi connectivity index (χ3n) is 5.42. The Morgan fingerprint density at radius 2 is 1.84 bits per heavy atom. The monoisotopic (exact) mass is 436 g/mol. The molecule has 1 N–H and O–H groups in total. The molecule has 0 bridgehead atoms. The van der Waals surface area contributed by atoms with Gasteiger partial charge in [-0.3, -0.25) is 15.1 Å². The molecule has 1 amide bonds. The number of fused-ring (bicyclic) bond motifs is 2. The topological polar surface area (TPSA) is 66.3 Å². The number of amidine groups is 1. The van der Waals surface area contributed by atoms with E-state index in [1.54, 1.807) is 23.9 Å². The van der Waals surface area contributed by atoms with Crippen LogP contribution in [0.1, 0.15) is 50.8 Å². The Bertz CT molecular complexity index is 1100. The standard InChI is InChI=1S/C24H28N4O2S/c1-3-4-5-6-11-16-31-24-26-23(29)21-17-12-7-9-14-19(17)25-22(28(21)27-24)18-13-8-10-15-20(18)30-2/h7-10,12-15,22H,3-6,11,16H2,1-2H3,(H,26,27,29)/t22-/m0/s1. The molecule has 31 heavy (non-hydrogen) atoms. The predicted octanol–water partition coefficient (Wildman–Crippen LogP) is 3.54. The first kappa shape index (κ1) is 21.4. The number of thioether (sulfide) groups is 1. The lowest BCUT2D eigenvalue weighted by atomic mass is 10.1. The van der Waals surface area contributed by atoms with E-state index in [2.05, 4.69) is 12.2 Å². The maximum atomic E-state index is 13.2. The number of para-hydroxylation sites is 2. The zero-order valence-corrected chi connectivity index (χ0v) is 18.8. The summed E-state index contributed by atoms with van der Waals surface area (Å²) in [6.07, 6.45) is 5.61. The molecule has 2 aromatic carbocycles. The smallest absolute Gasteiger partial charge is 0.276 e. The lowest BCUT2D eigenvalue weighted by molar-refractivity contribution is -0.116. The summed E-state index contributed by atoms with van der Waals surface area (Å²) in [5, 5.41) is 11.7. The van der Waals surface area contributed by atoms with Crippen LogP contribution in [0.2, 0.25) is 0 Å². The number of rotatable bonds is 8. The van der Waals surface area contributed by atoms with Crippen LogP contribution in [0.4, 0.5) is 0 Å². The Morgan fingerprint density at radius 1 is 1.06 bits per heavy atom. The molecule has 4 rings (SSSR count). The van der Waals surface area contributed by atoms with Gasteiger partial charge in [0.2, 0.25) is 0 Å². The number of unbranched alkanes of at least 4 members (excludes halogenated alkanes) is 4. The maximum absolute atomic E-state index is 13.2. The number of amides is 1. The Kier molecular flexibility index (Phi) is 6.92. The van der Waals surface area contributed by atoms with E-state index >= 15 is 0 Å². The van der Waals surface area contributed by atoms with Crippen molar-refractivity contribution in [1.82, 2.24) is 10.3 Å². The lowest BCUT2D eigenvalue weighted by Crippen LogP contribution is -2.50. The van der Waals surface area contributed by atoms with Crippen LogP contribution in [-0.4, -0.2) is 28.9 Å². The molecule has 2 heterocycles. The number of hydrogen-bond donors (Lipinski definition) is 1. The SMILES string of the molecule is CCCCCCCSC1=NN2C(=c3ccccc3=N[C@@H]2c2ccccc2OC)C(=O)N1. The van der Waals surface area contributed by atoms with E-state index in [1.807, 2.05) is 48.5 Å². The van der Waals surface area contributed by atoms with E-state index in [0.29, 0.717) is 10.9 Å². The number of ether oxygens (including phenoxy) is 1. The average molecular weight is 437 g/mol. The largest absolute Gasteiger partial charge is 0.496 e. The van der Waals surface area contributed by atoms with Crippen molar-refractivity contribution in [1.29, 1.82) is 0 Å². The van der Waals surface area contributed by atoms with Crippen LogP contribution in [0.3, 0.4) is 0 Å². The normalized spacial score (nSPS) is 17.3. The minimum Gasteiger partial charge on any atom is -0.496 e. The van der Waals surface area contributed by atoms with Crippen molar-refractivity contribution in [2.24, 2.45) is 10.1 Å². The van der Waals surface area contributed by atoms with Crippen molar-refractivity contribution >= 4 is 28.5 Å². The summed E-state index contributed by atoms with van der Waals surface area (Å²) in [5.74, 6) is 1.51. The molecule has 0 saturated carbocycles. The van der Waals surface area contributed by atoms with Crippen molar-refractivity contribution in [3.63, 3.8) is 0 Å². The number of carbonyl (C=O) groups excluding carboxylic acids is 1. The summed E-state index contributed by atoms with van der Waals surface area (Å²) in [7, 11) is 1.65. The summed E-state index contributed by atoms with van der Waals surface area (Å²) in [6, 6.07) is 15.5. The molecule has 162 valence electrons. The summed E-state index contributed by atoms with van der Waals surface area (Å²) in [6.45, 7) is 2.22. The van der Waals surface area contributed by atoms with Crippen molar-refractivity contribution in [2.45, 2.75) is 45.2 Å². The van der Waals surface area contributed by atoms with Crippen LogP contribution < -0.4 is 20.6 Å². The molecule has 0 aliphatic carbocycles. The van der Waals surface area contributed by atoms with Gasteiger partial charge in [-0.1, -0.05) is 80.8 Å². The average Bonchev–Trinajstić information content (AvgIpc) is 2.80. The predicted molar refractivity (Wildman–Crippen MR) is 125 cm³/mol. The van der Waals surface area contributed by atoms with Crippen molar-refractivity contribution in [3.05, 3.63) is 64.7 Å². The number of benzene rings is 2. The van der Waals surface area contributed by atoms with Crippen LogP contribution in [0.5, 0.6) is 5.75 Å². The fourth-order valence-corrected chi connectivity index (χ4v) is 4.70. The lowest BCUT2D eigenvalue weighted by Gasteiger charge is -2.34. The van der Waals surface area contributed by atoms with Crippen LogP contribution in [0, 0.1) is 0 Å². The first-order valence-electron chi connectivity index (χ1n) is 10.8. The second kappa shape index (κ2) is 10.0. The van der Waals surface area contributed by atoms with Gasteiger partial charge in [0.15, 0.2) is 11.3 Å². The Morgan fingerprint density at radius 3 is 2.68 bits per heavy atom. The fourth-order valence-electron chi connectivity index (χ4n) is 3.85. The van der Waals surface area contributed by atoms with Crippen LogP contribution in [-0.2, 0) is 4.79 Å². The van der Waals surface area contributed by atoms with Gasteiger partial charge in [-0.25, -0.2) is 5.01 Å². The number of nitrogens with zero attached hydrogens (tertiary/aromatic N) is 3. The fraction of sp³-hybridized carbons (Fsp3) is 0.375. The third-order valence-corrected chi connectivity index (χ3v) is 6.37. The van der Waals surface area contributed by atoms with E-state index < -0.39 is 6.17 Å². The molecule has 2 aliphatic rings. The molecule has 0 fully saturated rings. The van der Waals surface area contributed by atoms with E-state index in [0.717, 1.165) is 34.1 Å². The molecule has 6 nitrogen and oxygen atoms in total. The number of hydrogen-bond acceptors (Lipinski definition) is 6. The van der Waals surface area contributed by atoms with Gasteiger partial charge < -0.3 is 4.74 Å². The maximum Gasteiger partial charge on any atom is 0.276 e. The first-order valence-corrected chi connectivity index (χ1v) is 11.8. The summed E-state index contributed by atoms with van der Waals surface area (Å²) >= 11 is 1.59. The van der Waals surface area contributed by atoms with Gasteiger partial charge in [-0.2, -0.15) is 0 Å². The molecule has 0 radical (unpaired) electrons. The number of nitrogens with one attached hydrogen (secondary N) is 1. The minimum atomic E-state index is -0.466. The quantitative estimate of drug-likeness (QED) is 0.643. The summed E-state index contributed by atoms with van der Waals surface area (Å²) in [4.78, 5) is 18.1. The van der Waals surface area contributed by atoms with Gasteiger partial charge in [-0.05, 0) is 18.6 Å². The third kappa shape index (κ3) is 4.61. The van der Waals surface area contributed by atoms with E-state index in [4.69, 9.17) is 14.8 Å². The molecule has 1 atom stereocenters. The van der Waals surface area contributed by atoms with Gasteiger partial charge in [0.25, 0.3) is 5.91 Å². The molecule has 2 aliphatic heterocycles. The van der Waals surface area contributed by atoms with Crippen LogP contribution in [0.25, 0.3) is 5.70 Å². The molecule has 2 aromatic rings. The molecular weight excluding hydrogens is 408 g/mol. The van der Waals surface area contributed by atoms with Gasteiger partial charge in [0, 0.05) is 16.5 Å². The molecule has 0 aromatic heterocycles. The minimum absolute atomic E-state index is 0.147. The van der Waals surface area contributed by atoms with Gasteiger partial charge in [-0.15, -0.1) is 5.10 Å². The summed E-state index contributed by atoms with van der Waals surface area (Å²) < 4.78 is 5.58. The van der Waals surface area contributed by atoms with E-state index in [-0.39, 0.29) is 5.91 Å². The zero-order valence-electron chi connectivity index (χ0n) is 18.0. The number of hydrazone groups is 1. The first-order chi connectivity index (χ1) is 15.2. The molecule has 7 heteroatoms. The number of carbonyl (C=O) groups is 1. The summed E-state index contributed by atoms with van der Waals surface area (Å²) in [5.41, 5.74) is 1.40. The highest BCUT2D eigenvalue weighted by molar-refractivity contribution is 8.13. The van der Waals surface area contributed by atoms with E-state index in [1.165, 1.54) is 25.7 Å². The molecular formula is C24H28N4O2S. The Hall–Kier alpha value is -2.80. The highest BCUT2D eigenvalue weighted by Gasteiger charge is 2.35. The van der Waals surface area contributed by atoms with Crippen LogP contribution >= 0.6 is 11.8 Å². The Labute approximate surface area is 187 Å². The van der Waals surface area contributed by atoms with Gasteiger partial charge in [0.05, 0.1) is 12.5 Å². The van der Waals surface area contributed by atoms with Gasteiger partial charge in [0.1, 0.15) is 11.4 Å². The zero-order chi connectivity index (χ0) is 21.6.